The van der Waals surface area contributed by atoms with Crippen molar-refractivity contribution in [1.82, 2.24) is 5.32 Å². The van der Waals surface area contributed by atoms with Crippen LogP contribution in [0.3, 0.4) is 0 Å². The molecule has 0 aromatic heterocycles. The van der Waals surface area contributed by atoms with Gasteiger partial charge in [0.15, 0.2) is 0 Å². The molecule has 0 aliphatic carbocycles. The van der Waals surface area contributed by atoms with Crippen LogP contribution in [-0.2, 0) is 4.74 Å². The lowest BCUT2D eigenvalue weighted by molar-refractivity contribution is 0.101. The topological polar surface area (TPSA) is 21.3 Å². The predicted molar refractivity (Wildman–Crippen MR) is 75.6 cm³/mol. The number of ether oxygens (including phenoxy) is 1. The van der Waals surface area contributed by atoms with Crippen LogP contribution in [0, 0.1) is 5.82 Å². The fraction of sp³-hybridized carbons (Fsp3) is 0.625. The molecule has 2 nitrogen and oxygen atoms in total. The number of halogens is 1. The Bertz CT molecular complexity index is 377. The van der Waals surface area contributed by atoms with Crippen molar-refractivity contribution in [2.24, 2.45) is 0 Å². The molecule has 106 valence electrons. The van der Waals surface area contributed by atoms with Crippen LogP contribution in [0.5, 0.6) is 0 Å². The van der Waals surface area contributed by atoms with Gasteiger partial charge in [-0.15, -0.1) is 0 Å². The van der Waals surface area contributed by atoms with Crippen LogP contribution >= 0.6 is 0 Å². The van der Waals surface area contributed by atoms with Crippen LogP contribution in [0.1, 0.15) is 50.6 Å². The number of hydrogen-bond donors (Lipinski definition) is 1. The molecule has 2 rings (SSSR count). The standard InChI is InChI=1S/C16H24FNO/c1-2-18-16(13-6-3-7-14(17)12-13)10-4-8-15-9-5-11-19-15/h3,6-7,12,15-16,18H,2,4-5,8-11H2,1H3. The Morgan fingerprint density at radius 3 is 3.05 bits per heavy atom. The summed E-state index contributed by atoms with van der Waals surface area (Å²) in [6.07, 6.45) is 6.14. The SMILES string of the molecule is CCNC(CCCC1CCCO1)c1cccc(F)c1. The van der Waals surface area contributed by atoms with E-state index in [1.807, 2.05) is 6.07 Å². The Kier molecular flexibility index (Phi) is 5.80. The maximum absolute atomic E-state index is 13.3. The van der Waals surface area contributed by atoms with E-state index < -0.39 is 0 Å². The Morgan fingerprint density at radius 2 is 2.37 bits per heavy atom. The zero-order chi connectivity index (χ0) is 13.5. The molecule has 1 aromatic carbocycles. The van der Waals surface area contributed by atoms with Crippen molar-refractivity contribution >= 4 is 0 Å². The molecule has 19 heavy (non-hydrogen) atoms. The highest BCUT2D eigenvalue weighted by Crippen LogP contribution is 2.23. The van der Waals surface area contributed by atoms with E-state index in [1.165, 1.54) is 18.9 Å². The number of rotatable bonds is 7. The first kappa shape index (κ1) is 14.5. The molecule has 1 aromatic rings. The van der Waals surface area contributed by atoms with E-state index in [2.05, 4.69) is 12.2 Å². The van der Waals surface area contributed by atoms with E-state index in [0.29, 0.717) is 6.10 Å². The molecule has 1 N–H and O–H groups in total. The first-order valence-corrected chi connectivity index (χ1v) is 7.40. The summed E-state index contributed by atoms with van der Waals surface area (Å²) in [7, 11) is 0. The molecule has 2 atom stereocenters. The van der Waals surface area contributed by atoms with Crippen molar-refractivity contribution < 1.29 is 9.13 Å². The molecule has 0 saturated carbocycles. The summed E-state index contributed by atoms with van der Waals surface area (Å²) in [5.74, 6) is -0.153. The third-order valence-electron chi connectivity index (χ3n) is 3.74. The van der Waals surface area contributed by atoms with E-state index in [9.17, 15) is 4.39 Å². The summed E-state index contributed by atoms with van der Waals surface area (Å²) in [6, 6.07) is 7.18. The maximum Gasteiger partial charge on any atom is 0.123 e. The molecule has 2 unspecified atom stereocenters. The van der Waals surface area contributed by atoms with Crippen LogP contribution < -0.4 is 5.32 Å². The van der Waals surface area contributed by atoms with Crippen LogP contribution in [0.4, 0.5) is 4.39 Å². The summed E-state index contributed by atoms with van der Waals surface area (Å²) in [5.41, 5.74) is 1.05. The Labute approximate surface area is 115 Å². The van der Waals surface area contributed by atoms with Crippen molar-refractivity contribution in [2.45, 2.75) is 51.2 Å². The molecule has 1 saturated heterocycles. The van der Waals surface area contributed by atoms with Gasteiger partial charge in [0.25, 0.3) is 0 Å². The third-order valence-corrected chi connectivity index (χ3v) is 3.74. The molecule has 1 aliphatic rings. The van der Waals surface area contributed by atoms with Gasteiger partial charge < -0.3 is 10.1 Å². The number of hydrogen-bond acceptors (Lipinski definition) is 2. The van der Waals surface area contributed by atoms with Gasteiger partial charge in [-0.25, -0.2) is 4.39 Å². The zero-order valence-electron chi connectivity index (χ0n) is 11.7. The molecule has 0 amide bonds. The van der Waals surface area contributed by atoms with E-state index in [4.69, 9.17) is 4.74 Å². The Morgan fingerprint density at radius 1 is 1.47 bits per heavy atom. The van der Waals surface area contributed by atoms with Gasteiger partial charge in [-0.05, 0) is 56.3 Å². The summed E-state index contributed by atoms with van der Waals surface area (Å²) in [5, 5.41) is 3.44. The minimum absolute atomic E-state index is 0.153. The van der Waals surface area contributed by atoms with Crippen LogP contribution in [0.25, 0.3) is 0 Å². The highest BCUT2D eigenvalue weighted by molar-refractivity contribution is 5.20. The van der Waals surface area contributed by atoms with Crippen molar-refractivity contribution in [2.75, 3.05) is 13.2 Å². The van der Waals surface area contributed by atoms with Gasteiger partial charge in [-0.2, -0.15) is 0 Å². The average molecular weight is 265 g/mol. The average Bonchev–Trinajstić information content (AvgIpc) is 2.91. The monoisotopic (exact) mass is 265 g/mol. The molecular weight excluding hydrogens is 241 g/mol. The molecule has 0 radical (unpaired) electrons. The van der Waals surface area contributed by atoms with Crippen LogP contribution in [0.2, 0.25) is 0 Å². The van der Waals surface area contributed by atoms with Crippen molar-refractivity contribution in [1.29, 1.82) is 0 Å². The molecule has 3 heteroatoms. The molecule has 1 aliphatic heterocycles. The minimum atomic E-state index is -0.153. The lowest BCUT2D eigenvalue weighted by atomic mass is 9.99. The first-order valence-electron chi connectivity index (χ1n) is 7.40. The molecular formula is C16H24FNO. The smallest absolute Gasteiger partial charge is 0.123 e. The highest BCUT2D eigenvalue weighted by atomic mass is 19.1. The second-order valence-corrected chi connectivity index (χ2v) is 5.23. The van der Waals surface area contributed by atoms with E-state index in [-0.39, 0.29) is 11.9 Å². The van der Waals surface area contributed by atoms with E-state index >= 15 is 0 Å². The lowest BCUT2D eigenvalue weighted by Gasteiger charge is -2.19. The van der Waals surface area contributed by atoms with Gasteiger partial charge in [0.05, 0.1) is 6.10 Å². The quantitative estimate of drug-likeness (QED) is 0.809. The van der Waals surface area contributed by atoms with Gasteiger partial charge in [-0.3, -0.25) is 0 Å². The molecule has 0 spiro atoms. The first-order chi connectivity index (χ1) is 9.29. The van der Waals surface area contributed by atoms with Crippen LogP contribution in [-0.4, -0.2) is 19.3 Å². The highest BCUT2D eigenvalue weighted by Gasteiger charge is 2.16. The van der Waals surface area contributed by atoms with Gasteiger partial charge >= 0.3 is 0 Å². The van der Waals surface area contributed by atoms with E-state index in [1.54, 1.807) is 12.1 Å². The third kappa shape index (κ3) is 4.59. The number of benzene rings is 1. The Balaban J connectivity index is 1.84. The normalized spacial score (nSPS) is 20.6. The summed E-state index contributed by atoms with van der Waals surface area (Å²) in [6.45, 7) is 3.92. The summed E-state index contributed by atoms with van der Waals surface area (Å²) in [4.78, 5) is 0. The Hall–Kier alpha value is -0.930. The molecule has 0 bridgehead atoms. The summed E-state index contributed by atoms with van der Waals surface area (Å²) < 4.78 is 18.9. The van der Waals surface area contributed by atoms with Crippen molar-refractivity contribution in [3.8, 4) is 0 Å². The van der Waals surface area contributed by atoms with Crippen molar-refractivity contribution in [3.05, 3.63) is 35.6 Å². The second-order valence-electron chi connectivity index (χ2n) is 5.23. The fourth-order valence-corrected chi connectivity index (χ4v) is 2.78. The van der Waals surface area contributed by atoms with Crippen LogP contribution in [0.15, 0.2) is 24.3 Å². The minimum Gasteiger partial charge on any atom is -0.378 e. The van der Waals surface area contributed by atoms with Gasteiger partial charge in [0.2, 0.25) is 0 Å². The van der Waals surface area contributed by atoms with Gasteiger partial charge in [0, 0.05) is 12.6 Å². The summed E-state index contributed by atoms with van der Waals surface area (Å²) >= 11 is 0. The second kappa shape index (κ2) is 7.61. The molecule has 1 fully saturated rings. The fourth-order valence-electron chi connectivity index (χ4n) is 2.78. The zero-order valence-corrected chi connectivity index (χ0v) is 11.7. The van der Waals surface area contributed by atoms with Gasteiger partial charge in [0.1, 0.15) is 5.82 Å². The largest absolute Gasteiger partial charge is 0.378 e. The maximum atomic E-state index is 13.3. The van der Waals surface area contributed by atoms with Gasteiger partial charge in [-0.1, -0.05) is 19.1 Å². The van der Waals surface area contributed by atoms with E-state index in [0.717, 1.165) is 38.0 Å². The number of nitrogens with one attached hydrogen (secondary N) is 1. The van der Waals surface area contributed by atoms with Crippen molar-refractivity contribution in [3.63, 3.8) is 0 Å². The molecule has 1 heterocycles. The lowest BCUT2D eigenvalue weighted by Crippen LogP contribution is -2.21. The predicted octanol–water partition coefficient (Wildman–Crippen LogP) is 3.83.